The Balaban J connectivity index is -0.0000000540. The van der Waals surface area contributed by atoms with Crippen LogP contribution in [-0.4, -0.2) is 128 Å². The molecule has 2 rings (SSSR count). The van der Waals surface area contributed by atoms with E-state index in [4.69, 9.17) is 0 Å². The largest absolute Gasteiger partial charge is 2.00 e. The second kappa shape index (κ2) is 18.8. The molecule has 126 valence electrons. The van der Waals surface area contributed by atoms with Crippen molar-refractivity contribution < 1.29 is 47.1 Å². The maximum Gasteiger partial charge on any atom is 2.00 e. The van der Waals surface area contributed by atoms with Crippen LogP contribution < -0.4 is 30.6 Å². The van der Waals surface area contributed by atoms with Gasteiger partial charge in [-0.2, -0.15) is 0 Å². The SMILES string of the molecule is O.O.O.[O-]c1nc([O-])nc([O-])n1.[O-]c1nc([O-])nc([O-])n1.[Pb+2].[Pb+2].[Pb+2]. The third-order valence-electron chi connectivity index (χ3n) is 1.15. The third kappa shape index (κ3) is 16.3. The fourth-order valence-corrected chi connectivity index (χ4v) is 0.641. The van der Waals surface area contributed by atoms with Gasteiger partial charge in [-0.3, -0.25) is 0 Å². The second-order valence-corrected chi connectivity index (χ2v) is 2.37. The molecule has 0 amide bonds. The van der Waals surface area contributed by atoms with Gasteiger partial charge in [0.15, 0.2) is 0 Å². The van der Waals surface area contributed by atoms with Crippen molar-refractivity contribution in [1.29, 1.82) is 0 Å². The summed E-state index contributed by atoms with van der Waals surface area (Å²) in [7, 11) is 0. The average Bonchev–Trinajstić information content (AvgIpc) is 2.12. The van der Waals surface area contributed by atoms with Crippen molar-refractivity contribution >= 4 is 81.9 Å². The first-order valence-electron chi connectivity index (χ1n) is 3.91. The molecular formula is C6H6N6O9Pb3. The molecule has 0 spiro atoms. The molecule has 0 bridgehead atoms. The molecule has 6 N–H and O–H groups in total. The van der Waals surface area contributed by atoms with Gasteiger partial charge in [0.25, 0.3) is 0 Å². The van der Waals surface area contributed by atoms with E-state index in [1.54, 1.807) is 0 Å². The van der Waals surface area contributed by atoms with Gasteiger partial charge in [0, 0.05) is 0 Å². The van der Waals surface area contributed by atoms with Gasteiger partial charge in [0.2, 0.25) is 0 Å². The molecule has 2 aromatic rings. The van der Waals surface area contributed by atoms with E-state index in [1.807, 2.05) is 0 Å². The van der Waals surface area contributed by atoms with Crippen LogP contribution >= 0.6 is 0 Å². The van der Waals surface area contributed by atoms with E-state index < -0.39 is 36.1 Å². The summed E-state index contributed by atoms with van der Waals surface area (Å²) >= 11 is 0. The maximum atomic E-state index is 10.0. The van der Waals surface area contributed by atoms with E-state index in [9.17, 15) is 30.6 Å². The van der Waals surface area contributed by atoms with Crippen molar-refractivity contribution in [2.45, 2.75) is 0 Å². The maximum absolute atomic E-state index is 10.0. The minimum atomic E-state index is -1.08. The summed E-state index contributed by atoms with van der Waals surface area (Å²) in [5, 5.41) is 60.3. The van der Waals surface area contributed by atoms with Crippen LogP contribution in [0.25, 0.3) is 0 Å². The van der Waals surface area contributed by atoms with Crippen molar-refractivity contribution in [3.05, 3.63) is 0 Å². The van der Waals surface area contributed by atoms with Gasteiger partial charge in [0.1, 0.15) is 0 Å². The minimum absolute atomic E-state index is 0. The van der Waals surface area contributed by atoms with Crippen LogP contribution in [0.3, 0.4) is 0 Å². The molecule has 2 heterocycles. The summed E-state index contributed by atoms with van der Waals surface area (Å²) in [5.41, 5.74) is 0. The number of nitrogens with zero attached hydrogens (tertiary/aromatic N) is 6. The van der Waals surface area contributed by atoms with Crippen LogP contribution in [0.5, 0.6) is 36.1 Å². The molecule has 2 aromatic heterocycles. The van der Waals surface area contributed by atoms with Crippen molar-refractivity contribution in [3.8, 4) is 36.1 Å². The number of hydrogen-bond acceptors (Lipinski definition) is 12. The number of hydrogen-bond donors (Lipinski definition) is 0. The van der Waals surface area contributed by atoms with E-state index in [-0.39, 0.29) is 98.3 Å². The smallest absolute Gasteiger partial charge is 0.844 e. The first-order chi connectivity index (χ1) is 8.36. The molecule has 0 aliphatic heterocycles. The molecule has 15 nitrogen and oxygen atoms in total. The van der Waals surface area contributed by atoms with E-state index in [2.05, 4.69) is 29.9 Å². The molecule has 0 aliphatic rings. The molecule has 0 atom stereocenters. The van der Waals surface area contributed by atoms with Crippen LogP contribution in [0.4, 0.5) is 0 Å². The van der Waals surface area contributed by atoms with Crippen LogP contribution in [0, 0.1) is 0 Å². The van der Waals surface area contributed by atoms with Crippen molar-refractivity contribution in [2.24, 2.45) is 0 Å². The molecule has 6 radical (unpaired) electrons. The Labute approximate surface area is 193 Å². The monoisotopic (exact) mass is 930 g/mol. The summed E-state index contributed by atoms with van der Waals surface area (Å²) in [6.45, 7) is 0. The Kier molecular flexibility index (Phi) is 30.4. The van der Waals surface area contributed by atoms with Gasteiger partial charge in [0.05, 0.1) is 36.1 Å². The quantitative estimate of drug-likeness (QED) is 0.223. The van der Waals surface area contributed by atoms with Gasteiger partial charge in [-0.15, -0.1) is 0 Å². The summed E-state index contributed by atoms with van der Waals surface area (Å²) in [5.74, 6) is 0. The number of rotatable bonds is 0. The summed E-state index contributed by atoms with van der Waals surface area (Å²) < 4.78 is 0. The van der Waals surface area contributed by atoms with E-state index in [0.29, 0.717) is 0 Å². The standard InChI is InChI=1S/2C3H3N3O3.3H2O.3Pb/c2*7-1-4-2(8)6-3(9)5-1;;;;;;/h2*(H3,4,5,6,7,8,9);3*1H2;;;/q;;;;;3*+2/p-6. The van der Waals surface area contributed by atoms with Gasteiger partial charge < -0.3 is 47.1 Å². The zero-order chi connectivity index (χ0) is 13.7. The molecule has 18 heteroatoms. The summed E-state index contributed by atoms with van der Waals surface area (Å²) in [4.78, 5) is 16.2. The summed E-state index contributed by atoms with van der Waals surface area (Å²) in [6, 6.07) is -6.50. The predicted molar refractivity (Wildman–Crippen MR) is 64.4 cm³/mol. The van der Waals surface area contributed by atoms with Gasteiger partial charge in [-0.25, -0.2) is 29.9 Å². The van der Waals surface area contributed by atoms with Gasteiger partial charge >= 0.3 is 81.9 Å². The van der Waals surface area contributed by atoms with Crippen molar-refractivity contribution in [2.75, 3.05) is 0 Å². The Morgan fingerprint density at radius 2 is 0.417 bits per heavy atom. The Hall–Kier alpha value is -0.534. The third-order valence-corrected chi connectivity index (χ3v) is 1.15. The Bertz CT molecular complexity index is 417. The molecule has 0 aromatic carbocycles. The van der Waals surface area contributed by atoms with E-state index in [1.165, 1.54) is 0 Å². The normalized spacial score (nSPS) is 7.00. The van der Waals surface area contributed by atoms with Gasteiger partial charge in [-0.05, 0) is 0 Å². The van der Waals surface area contributed by atoms with Crippen LogP contribution in [-0.2, 0) is 0 Å². The molecule has 0 aliphatic carbocycles. The molecular weight excluding hydrogens is 922 g/mol. The first kappa shape index (κ1) is 38.8. The molecule has 0 saturated heterocycles. The fraction of sp³-hybridized carbons (Fsp3) is 0. The van der Waals surface area contributed by atoms with Crippen LogP contribution in [0.2, 0.25) is 0 Å². The Morgan fingerprint density at radius 1 is 0.333 bits per heavy atom. The first-order valence-corrected chi connectivity index (χ1v) is 3.91. The minimum Gasteiger partial charge on any atom is -0.844 e. The Morgan fingerprint density at radius 3 is 0.500 bits per heavy atom. The molecule has 0 fully saturated rings. The van der Waals surface area contributed by atoms with Crippen LogP contribution in [0.15, 0.2) is 0 Å². The van der Waals surface area contributed by atoms with E-state index >= 15 is 0 Å². The zero-order valence-electron chi connectivity index (χ0n) is 11.1. The van der Waals surface area contributed by atoms with Crippen molar-refractivity contribution in [3.63, 3.8) is 0 Å². The number of aromatic nitrogens is 6. The predicted octanol–water partition coefficient (Wildman–Crippen LogP) is -9.43. The van der Waals surface area contributed by atoms with Crippen molar-refractivity contribution in [1.82, 2.24) is 29.9 Å². The topological polar surface area (TPSA) is 310 Å². The zero-order valence-corrected chi connectivity index (χ0v) is 22.8. The molecule has 0 unspecified atom stereocenters. The molecule has 0 saturated carbocycles. The fourth-order valence-electron chi connectivity index (χ4n) is 0.641. The average molecular weight is 928 g/mol. The van der Waals surface area contributed by atoms with Crippen LogP contribution in [0.1, 0.15) is 0 Å². The van der Waals surface area contributed by atoms with E-state index in [0.717, 1.165) is 0 Å². The second-order valence-electron chi connectivity index (χ2n) is 2.37. The molecule has 24 heavy (non-hydrogen) atoms. The summed E-state index contributed by atoms with van der Waals surface area (Å²) in [6.07, 6.45) is 0. The van der Waals surface area contributed by atoms with Gasteiger partial charge in [-0.1, -0.05) is 0 Å².